The van der Waals surface area contributed by atoms with Crippen LogP contribution in [0.4, 0.5) is 0 Å². The Hall–Kier alpha value is -1.35. The fraction of sp³-hybridized carbons (Fsp3) is 0.619. The molecule has 1 aromatic rings. The SMILES string of the molecule is CCNC(=NCc1ccccc1CN(CC)CC)NCC(=O)N1CCCC1.I. The molecule has 28 heavy (non-hydrogen) atoms. The van der Waals surface area contributed by atoms with Crippen molar-refractivity contribution in [3.8, 4) is 0 Å². The minimum absolute atomic E-state index is 0. The minimum atomic E-state index is 0. The highest BCUT2D eigenvalue weighted by Crippen LogP contribution is 2.13. The minimum Gasteiger partial charge on any atom is -0.357 e. The van der Waals surface area contributed by atoms with E-state index in [4.69, 9.17) is 4.99 Å². The van der Waals surface area contributed by atoms with Crippen molar-refractivity contribution in [2.45, 2.75) is 46.7 Å². The van der Waals surface area contributed by atoms with Crippen molar-refractivity contribution in [1.29, 1.82) is 0 Å². The van der Waals surface area contributed by atoms with Gasteiger partial charge in [0.25, 0.3) is 0 Å². The third-order valence-electron chi connectivity index (χ3n) is 5.02. The number of carbonyl (C=O) groups is 1. The molecule has 0 atom stereocenters. The lowest BCUT2D eigenvalue weighted by atomic mass is 10.1. The van der Waals surface area contributed by atoms with Crippen LogP contribution in [0.1, 0.15) is 44.7 Å². The smallest absolute Gasteiger partial charge is 0.241 e. The summed E-state index contributed by atoms with van der Waals surface area (Å²) in [5.41, 5.74) is 2.54. The summed E-state index contributed by atoms with van der Waals surface area (Å²) < 4.78 is 0. The third-order valence-corrected chi connectivity index (χ3v) is 5.02. The predicted octanol–water partition coefficient (Wildman–Crippen LogP) is 2.82. The van der Waals surface area contributed by atoms with Crippen LogP contribution >= 0.6 is 24.0 Å². The summed E-state index contributed by atoms with van der Waals surface area (Å²) in [6, 6.07) is 8.47. The number of hydrogen-bond acceptors (Lipinski definition) is 3. The number of guanidine groups is 1. The zero-order valence-corrected chi connectivity index (χ0v) is 19.9. The fourth-order valence-corrected chi connectivity index (χ4v) is 3.30. The first-order valence-corrected chi connectivity index (χ1v) is 10.3. The molecule has 1 aliphatic rings. The molecule has 1 saturated heterocycles. The van der Waals surface area contributed by atoms with Crippen molar-refractivity contribution < 1.29 is 4.79 Å². The first-order valence-electron chi connectivity index (χ1n) is 10.3. The molecule has 1 amide bonds. The summed E-state index contributed by atoms with van der Waals surface area (Å²) in [6.45, 7) is 12.9. The molecular weight excluding hydrogens is 465 g/mol. The van der Waals surface area contributed by atoms with Crippen molar-refractivity contribution in [3.05, 3.63) is 35.4 Å². The van der Waals surface area contributed by atoms with E-state index in [9.17, 15) is 4.79 Å². The average molecular weight is 501 g/mol. The zero-order chi connectivity index (χ0) is 19.5. The first kappa shape index (κ1) is 24.7. The van der Waals surface area contributed by atoms with Gasteiger partial charge >= 0.3 is 0 Å². The van der Waals surface area contributed by atoms with Crippen LogP contribution in [0.25, 0.3) is 0 Å². The Morgan fingerprint density at radius 2 is 1.71 bits per heavy atom. The van der Waals surface area contributed by atoms with Gasteiger partial charge in [-0.2, -0.15) is 0 Å². The summed E-state index contributed by atoms with van der Waals surface area (Å²) in [7, 11) is 0. The monoisotopic (exact) mass is 501 g/mol. The van der Waals surface area contributed by atoms with Crippen molar-refractivity contribution in [2.24, 2.45) is 4.99 Å². The largest absolute Gasteiger partial charge is 0.357 e. The Morgan fingerprint density at radius 1 is 1.07 bits per heavy atom. The van der Waals surface area contributed by atoms with Crippen molar-refractivity contribution in [3.63, 3.8) is 0 Å². The number of hydrogen-bond donors (Lipinski definition) is 2. The maximum atomic E-state index is 12.2. The van der Waals surface area contributed by atoms with Crippen LogP contribution in [-0.4, -0.2) is 60.9 Å². The van der Waals surface area contributed by atoms with Gasteiger partial charge in [0.2, 0.25) is 5.91 Å². The summed E-state index contributed by atoms with van der Waals surface area (Å²) in [5, 5.41) is 6.43. The number of rotatable bonds is 9. The van der Waals surface area contributed by atoms with Gasteiger partial charge in [0.15, 0.2) is 5.96 Å². The lowest BCUT2D eigenvalue weighted by Gasteiger charge is -2.20. The van der Waals surface area contributed by atoms with Crippen molar-refractivity contribution in [2.75, 3.05) is 39.3 Å². The number of nitrogens with one attached hydrogen (secondary N) is 2. The molecule has 1 fully saturated rings. The molecule has 1 heterocycles. The first-order chi connectivity index (χ1) is 13.2. The second kappa shape index (κ2) is 13.8. The van der Waals surface area contributed by atoms with E-state index in [1.54, 1.807) is 0 Å². The van der Waals surface area contributed by atoms with Crippen LogP contribution in [0.3, 0.4) is 0 Å². The predicted molar refractivity (Wildman–Crippen MR) is 127 cm³/mol. The summed E-state index contributed by atoms with van der Waals surface area (Å²) in [4.78, 5) is 21.3. The summed E-state index contributed by atoms with van der Waals surface area (Å²) in [6.07, 6.45) is 2.23. The lowest BCUT2D eigenvalue weighted by molar-refractivity contribution is -0.128. The normalized spacial score (nSPS) is 14.1. The van der Waals surface area contributed by atoms with Gasteiger partial charge in [0, 0.05) is 26.2 Å². The van der Waals surface area contributed by atoms with Crippen molar-refractivity contribution in [1.82, 2.24) is 20.4 Å². The van der Waals surface area contributed by atoms with Gasteiger partial charge in [-0.1, -0.05) is 38.1 Å². The molecule has 2 rings (SSSR count). The molecule has 0 unspecified atom stereocenters. The summed E-state index contributed by atoms with van der Waals surface area (Å²) in [5.74, 6) is 0.850. The number of halogens is 1. The van der Waals surface area contributed by atoms with E-state index < -0.39 is 0 Å². The molecule has 1 aromatic carbocycles. The number of benzene rings is 1. The topological polar surface area (TPSA) is 60.0 Å². The molecular formula is C21H36IN5O. The Kier molecular flexibility index (Phi) is 12.1. The van der Waals surface area contributed by atoms with E-state index in [1.165, 1.54) is 11.1 Å². The van der Waals surface area contributed by atoms with Gasteiger partial charge in [-0.3, -0.25) is 9.69 Å². The van der Waals surface area contributed by atoms with E-state index in [1.807, 2.05) is 11.8 Å². The third kappa shape index (κ3) is 7.95. The molecule has 7 heteroatoms. The Labute approximate surface area is 187 Å². The van der Waals surface area contributed by atoms with Crippen molar-refractivity contribution >= 4 is 35.8 Å². The second-order valence-electron chi connectivity index (χ2n) is 6.87. The van der Waals surface area contributed by atoms with Gasteiger partial charge < -0.3 is 15.5 Å². The van der Waals surface area contributed by atoms with E-state index in [2.05, 4.69) is 53.6 Å². The number of carbonyl (C=O) groups excluding carboxylic acids is 1. The van der Waals surface area contributed by atoms with Crippen LogP contribution in [0.2, 0.25) is 0 Å². The summed E-state index contributed by atoms with van der Waals surface area (Å²) >= 11 is 0. The second-order valence-corrected chi connectivity index (χ2v) is 6.87. The number of likely N-dealkylation sites (tertiary alicyclic amines) is 1. The Morgan fingerprint density at radius 3 is 2.32 bits per heavy atom. The van der Waals surface area contributed by atoms with E-state index in [0.717, 1.165) is 52.1 Å². The van der Waals surface area contributed by atoms with Gasteiger partial charge in [0.1, 0.15) is 0 Å². The zero-order valence-electron chi connectivity index (χ0n) is 17.5. The molecule has 2 N–H and O–H groups in total. The van der Waals surface area contributed by atoms with Crippen LogP contribution in [0.15, 0.2) is 29.3 Å². The number of aliphatic imine (C=N–C) groups is 1. The number of amides is 1. The molecule has 0 radical (unpaired) electrons. The molecule has 0 bridgehead atoms. The van der Waals surface area contributed by atoms with Crippen LogP contribution < -0.4 is 10.6 Å². The Balaban J connectivity index is 0.00000392. The standard InChI is InChI=1S/C21H35N5O.HI/c1-4-22-21(24-16-20(27)26-13-9-10-14-26)23-15-18-11-7-8-12-19(18)17-25(5-2)6-3;/h7-8,11-12H,4-6,9-10,13-17H2,1-3H3,(H2,22,23,24);1H. The molecule has 0 aromatic heterocycles. The highest BCUT2D eigenvalue weighted by Gasteiger charge is 2.17. The molecule has 0 spiro atoms. The van der Waals surface area contributed by atoms with E-state index in [0.29, 0.717) is 19.0 Å². The van der Waals surface area contributed by atoms with Crippen LogP contribution in [0, 0.1) is 0 Å². The van der Waals surface area contributed by atoms with E-state index >= 15 is 0 Å². The maximum absolute atomic E-state index is 12.2. The molecule has 6 nitrogen and oxygen atoms in total. The highest BCUT2D eigenvalue weighted by molar-refractivity contribution is 14.0. The number of nitrogens with zero attached hydrogens (tertiary/aromatic N) is 3. The highest BCUT2D eigenvalue weighted by atomic mass is 127. The van der Waals surface area contributed by atoms with Crippen LogP contribution in [0.5, 0.6) is 0 Å². The van der Waals surface area contributed by atoms with Gasteiger partial charge in [0.05, 0.1) is 13.1 Å². The van der Waals surface area contributed by atoms with Gasteiger partial charge in [-0.05, 0) is 44.0 Å². The Bertz CT molecular complexity index is 613. The van der Waals surface area contributed by atoms with Crippen LogP contribution in [-0.2, 0) is 17.9 Å². The fourth-order valence-electron chi connectivity index (χ4n) is 3.30. The average Bonchev–Trinajstić information content (AvgIpc) is 3.23. The quantitative estimate of drug-likeness (QED) is 0.311. The van der Waals surface area contributed by atoms with Gasteiger partial charge in [-0.25, -0.2) is 4.99 Å². The van der Waals surface area contributed by atoms with E-state index in [-0.39, 0.29) is 29.9 Å². The molecule has 158 valence electrons. The molecule has 0 aliphatic carbocycles. The van der Waals surface area contributed by atoms with Gasteiger partial charge in [-0.15, -0.1) is 24.0 Å². The lowest BCUT2D eigenvalue weighted by Crippen LogP contribution is -2.44. The molecule has 0 saturated carbocycles. The maximum Gasteiger partial charge on any atom is 0.241 e. The molecule has 1 aliphatic heterocycles.